The second-order valence-electron chi connectivity index (χ2n) is 4.70. The number of fused-ring (bicyclic) bond motifs is 1. The van der Waals surface area contributed by atoms with E-state index in [9.17, 15) is 9.90 Å². The topological polar surface area (TPSA) is 58.4 Å². The average Bonchev–Trinajstić information content (AvgIpc) is 3.04. The van der Waals surface area contributed by atoms with Crippen LogP contribution in [0.3, 0.4) is 0 Å². The number of benzene rings is 1. The van der Waals surface area contributed by atoms with Crippen LogP contribution in [0.5, 0.6) is 0 Å². The molecule has 0 saturated heterocycles. The fraction of sp³-hybridized carbons (Fsp3) is 0.286. The predicted molar refractivity (Wildman–Crippen MR) is 71.3 cm³/mol. The average molecular weight is 257 g/mol. The third kappa shape index (κ3) is 2.19. The van der Waals surface area contributed by atoms with Gasteiger partial charge in [0.1, 0.15) is 5.92 Å². The van der Waals surface area contributed by atoms with Crippen molar-refractivity contribution in [1.82, 2.24) is 9.55 Å². The van der Waals surface area contributed by atoms with Crippen LogP contribution in [0, 0.1) is 0 Å². The van der Waals surface area contributed by atoms with Gasteiger partial charge in [-0.3, -0.25) is 4.79 Å². The number of carbonyl (C=O) groups is 1. The molecule has 0 bridgehead atoms. The zero-order valence-corrected chi connectivity index (χ0v) is 10.4. The Balaban J connectivity index is 1.78. The summed E-state index contributed by atoms with van der Waals surface area (Å²) in [5.74, 6) is -1.17. The van der Waals surface area contributed by atoms with E-state index in [4.69, 9.17) is 0 Å². The Morgan fingerprint density at radius 2 is 2.21 bits per heavy atom. The van der Waals surface area contributed by atoms with Gasteiger partial charge in [0, 0.05) is 37.7 Å². The Hall–Kier alpha value is -2.30. The lowest BCUT2D eigenvalue weighted by molar-refractivity contribution is -0.138. The molecule has 5 nitrogen and oxygen atoms in total. The number of rotatable bonds is 4. The monoisotopic (exact) mass is 257 g/mol. The summed E-state index contributed by atoms with van der Waals surface area (Å²) in [6.07, 6.45) is 5.44. The zero-order valence-electron chi connectivity index (χ0n) is 10.4. The van der Waals surface area contributed by atoms with Gasteiger partial charge in [0.2, 0.25) is 0 Å². The number of nitrogens with zero attached hydrogens (tertiary/aromatic N) is 3. The zero-order chi connectivity index (χ0) is 13.2. The van der Waals surface area contributed by atoms with Crippen LogP contribution in [-0.2, 0) is 11.3 Å². The summed E-state index contributed by atoms with van der Waals surface area (Å²) < 4.78 is 2.00. The van der Waals surface area contributed by atoms with Gasteiger partial charge in [-0.15, -0.1) is 0 Å². The molecule has 2 heterocycles. The standard InChI is InChI=1S/C14H15N3O2/c18-14(19)12-9-17(8-7-16-6-5-15-10-16)13-4-2-1-3-11(12)13/h1-6,10,12H,7-9H2,(H,18,19). The second-order valence-corrected chi connectivity index (χ2v) is 4.70. The number of carboxylic acid groups (broad SMARTS) is 1. The van der Waals surface area contributed by atoms with Crippen LogP contribution in [0.1, 0.15) is 11.5 Å². The summed E-state index contributed by atoms with van der Waals surface area (Å²) in [5.41, 5.74) is 1.95. The largest absolute Gasteiger partial charge is 0.481 e. The fourth-order valence-corrected chi connectivity index (χ4v) is 2.57. The summed E-state index contributed by atoms with van der Waals surface area (Å²) >= 11 is 0. The maximum Gasteiger partial charge on any atom is 0.312 e. The van der Waals surface area contributed by atoms with Crippen molar-refractivity contribution in [3.63, 3.8) is 0 Å². The van der Waals surface area contributed by atoms with E-state index in [0.29, 0.717) is 6.54 Å². The third-order valence-corrected chi connectivity index (χ3v) is 3.54. The molecule has 1 aliphatic heterocycles. The van der Waals surface area contributed by atoms with Crippen LogP contribution < -0.4 is 4.90 Å². The highest BCUT2D eigenvalue weighted by molar-refractivity contribution is 5.82. The summed E-state index contributed by atoms with van der Waals surface area (Å²) in [5, 5.41) is 9.29. The Bertz CT molecular complexity index is 580. The Morgan fingerprint density at radius 1 is 1.37 bits per heavy atom. The first-order valence-electron chi connectivity index (χ1n) is 6.28. The lowest BCUT2D eigenvalue weighted by Gasteiger charge is -2.19. The molecule has 1 aliphatic rings. The van der Waals surface area contributed by atoms with Gasteiger partial charge in [-0.1, -0.05) is 18.2 Å². The molecule has 0 radical (unpaired) electrons. The molecule has 1 atom stereocenters. The van der Waals surface area contributed by atoms with Crippen molar-refractivity contribution < 1.29 is 9.90 Å². The lowest BCUT2D eigenvalue weighted by atomic mass is 10.0. The smallest absolute Gasteiger partial charge is 0.312 e. The van der Waals surface area contributed by atoms with Crippen molar-refractivity contribution in [3.05, 3.63) is 48.5 Å². The first kappa shape index (κ1) is 11.8. The number of imidazole rings is 1. The van der Waals surface area contributed by atoms with Crippen molar-refractivity contribution in [2.75, 3.05) is 18.0 Å². The van der Waals surface area contributed by atoms with Crippen molar-refractivity contribution >= 4 is 11.7 Å². The van der Waals surface area contributed by atoms with E-state index < -0.39 is 11.9 Å². The molecule has 2 aromatic rings. The van der Waals surface area contributed by atoms with Crippen LogP contribution in [0.25, 0.3) is 0 Å². The third-order valence-electron chi connectivity index (χ3n) is 3.54. The van der Waals surface area contributed by atoms with Gasteiger partial charge in [0.25, 0.3) is 0 Å². The maximum absolute atomic E-state index is 11.3. The molecule has 19 heavy (non-hydrogen) atoms. The molecule has 1 N–H and O–H groups in total. The van der Waals surface area contributed by atoms with Crippen LogP contribution in [0.2, 0.25) is 0 Å². The van der Waals surface area contributed by atoms with Gasteiger partial charge in [0.05, 0.1) is 6.33 Å². The Kier molecular flexibility index (Phi) is 2.95. The first-order valence-corrected chi connectivity index (χ1v) is 6.28. The number of para-hydroxylation sites is 1. The van der Waals surface area contributed by atoms with Crippen molar-refractivity contribution in [2.45, 2.75) is 12.5 Å². The normalized spacial score (nSPS) is 17.5. The van der Waals surface area contributed by atoms with Gasteiger partial charge in [-0.25, -0.2) is 4.98 Å². The van der Waals surface area contributed by atoms with E-state index in [1.54, 1.807) is 12.5 Å². The molecular weight excluding hydrogens is 242 g/mol. The van der Waals surface area contributed by atoms with Crippen molar-refractivity contribution in [1.29, 1.82) is 0 Å². The summed E-state index contributed by atoms with van der Waals surface area (Å²) in [6, 6.07) is 7.75. The fourth-order valence-electron chi connectivity index (χ4n) is 2.57. The molecule has 0 amide bonds. The first-order chi connectivity index (χ1) is 9.25. The van der Waals surface area contributed by atoms with Crippen LogP contribution in [0.15, 0.2) is 43.0 Å². The number of aromatic nitrogens is 2. The molecule has 0 aliphatic carbocycles. The van der Waals surface area contributed by atoms with E-state index in [2.05, 4.69) is 9.88 Å². The SMILES string of the molecule is O=C(O)C1CN(CCn2ccnc2)c2ccccc21. The number of hydrogen-bond acceptors (Lipinski definition) is 3. The van der Waals surface area contributed by atoms with E-state index >= 15 is 0 Å². The highest BCUT2D eigenvalue weighted by Gasteiger charge is 2.32. The van der Waals surface area contributed by atoms with Gasteiger partial charge >= 0.3 is 5.97 Å². The van der Waals surface area contributed by atoms with E-state index in [-0.39, 0.29) is 0 Å². The predicted octanol–water partition coefficient (Wildman–Crippen LogP) is 1.57. The summed E-state index contributed by atoms with van der Waals surface area (Å²) in [6.45, 7) is 2.14. The van der Waals surface area contributed by atoms with Gasteiger partial charge in [-0.2, -0.15) is 0 Å². The molecule has 1 aromatic carbocycles. The molecule has 3 rings (SSSR count). The van der Waals surface area contributed by atoms with Crippen LogP contribution >= 0.6 is 0 Å². The number of hydrogen-bond donors (Lipinski definition) is 1. The summed E-state index contributed by atoms with van der Waals surface area (Å²) in [4.78, 5) is 17.4. The lowest BCUT2D eigenvalue weighted by Crippen LogP contribution is -2.27. The Labute approximate surface area is 111 Å². The summed E-state index contributed by atoms with van der Waals surface area (Å²) in [7, 11) is 0. The Morgan fingerprint density at radius 3 is 2.95 bits per heavy atom. The molecule has 0 spiro atoms. The maximum atomic E-state index is 11.3. The van der Waals surface area contributed by atoms with E-state index in [1.165, 1.54) is 0 Å². The molecule has 0 fully saturated rings. The van der Waals surface area contributed by atoms with E-state index in [1.807, 2.05) is 35.0 Å². The van der Waals surface area contributed by atoms with Crippen LogP contribution in [-0.4, -0.2) is 33.7 Å². The van der Waals surface area contributed by atoms with Gasteiger partial charge < -0.3 is 14.6 Å². The van der Waals surface area contributed by atoms with Gasteiger partial charge in [0.15, 0.2) is 0 Å². The minimum absolute atomic E-state index is 0.418. The van der Waals surface area contributed by atoms with Crippen molar-refractivity contribution in [2.24, 2.45) is 0 Å². The number of aliphatic carboxylic acids is 1. The molecule has 5 heteroatoms. The van der Waals surface area contributed by atoms with E-state index in [0.717, 1.165) is 24.3 Å². The highest BCUT2D eigenvalue weighted by Crippen LogP contribution is 2.35. The molecule has 1 aromatic heterocycles. The minimum Gasteiger partial charge on any atom is -0.481 e. The number of anilines is 1. The molecule has 1 unspecified atom stereocenters. The second kappa shape index (κ2) is 4.76. The quantitative estimate of drug-likeness (QED) is 0.903. The highest BCUT2D eigenvalue weighted by atomic mass is 16.4. The van der Waals surface area contributed by atoms with Crippen molar-refractivity contribution in [3.8, 4) is 0 Å². The van der Waals surface area contributed by atoms with Gasteiger partial charge in [-0.05, 0) is 11.6 Å². The minimum atomic E-state index is -0.752. The molecule has 98 valence electrons. The molecular formula is C14H15N3O2. The number of carboxylic acids is 1. The molecule has 0 saturated carbocycles. The van der Waals surface area contributed by atoms with Crippen LogP contribution in [0.4, 0.5) is 5.69 Å².